The highest BCUT2D eigenvalue weighted by Gasteiger charge is 2.36. The topological polar surface area (TPSA) is 76.7 Å². The third kappa shape index (κ3) is 3.05. The highest BCUT2D eigenvalue weighted by molar-refractivity contribution is 7.92. The number of anilines is 1. The van der Waals surface area contributed by atoms with Gasteiger partial charge in [0.15, 0.2) is 0 Å². The van der Waals surface area contributed by atoms with Crippen LogP contribution in [-0.2, 0) is 10.0 Å². The Kier molecular flexibility index (Phi) is 4.05. The van der Waals surface area contributed by atoms with Crippen LogP contribution in [0.15, 0.2) is 47.4 Å². The van der Waals surface area contributed by atoms with E-state index >= 15 is 0 Å². The first kappa shape index (κ1) is 16.2. The molecular formula is C18H20N2O4S. The summed E-state index contributed by atoms with van der Waals surface area (Å²) in [4.78, 5) is 0.170. The zero-order valence-electron chi connectivity index (χ0n) is 13.9. The fourth-order valence-electron chi connectivity index (χ4n) is 3.46. The van der Waals surface area contributed by atoms with Crippen molar-refractivity contribution in [1.82, 2.24) is 5.32 Å². The Balaban J connectivity index is 1.61. The monoisotopic (exact) mass is 360 g/mol. The van der Waals surface area contributed by atoms with E-state index in [1.165, 1.54) is 13.2 Å². The summed E-state index contributed by atoms with van der Waals surface area (Å²) in [6.45, 7) is 1.77. The van der Waals surface area contributed by atoms with Crippen molar-refractivity contribution in [3.8, 4) is 11.5 Å². The first-order valence-corrected chi connectivity index (χ1v) is 9.73. The van der Waals surface area contributed by atoms with Crippen molar-refractivity contribution in [2.24, 2.45) is 0 Å². The number of ether oxygens (including phenoxy) is 2. The fourth-order valence-corrected chi connectivity index (χ4v) is 4.55. The van der Waals surface area contributed by atoms with Gasteiger partial charge in [0, 0.05) is 29.8 Å². The molecule has 2 aromatic rings. The van der Waals surface area contributed by atoms with E-state index in [-0.39, 0.29) is 11.0 Å². The highest BCUT2D eigenvalue weighted by atomic mass is 32.2. The van der Waals surface area contributed by atoms with Crippen molar-refractivity contribution in [2.75, 3.05) is 24.9 Å². The van der Waals surface area contributed by atoms with E-state index in [4.69, 9.17) is 9.47 Å². The van der Waals surface area contributed by atoms with Gasteiger partial charge in [0.25, 0.3) is 10.0 Å². The Labute approximate surface area is 147 Å². The molecule has 2 N–H and O–H groups in total. The van der Waals surface area contributed by atoms with Crippen molar-refractivity contribution >= 4 is 15.7 Å². The molecule has 2 aliphatic rings. The molecule has 0 aliphatic carbocycles. The van der Waals surface area contributed by atoms with Crippen LogP contribution in [0.2, 0.25) is 0 Å². The predicted molar refractivity (Wildman–Crippen MR) is 94.9 cm³/mol. The molecule has 25 heavy (non-hydrogen) atoms. The van der Waals surface area contributed by atoms with Crippen molar-refractivity contribution < 1.29 is 17.9 Å². The second-order valence-electron chi connectivity index (χ2n) is 6.29. The maximum atomic E-state index is 12.6. The predicted octanol–water partition coefficient (Wildman–Crippen LogP) is 2.33. The molecular weight excluding hydrogens is 340 g/mol. The molecule has 1 fully saturated rings. The lowest BCUT2D eigenvalue weighted by molar-refractivity contribution is 0.177. The van der Waals surface area contributed by atoms with E-state index < -0.39 is 10.0 Å². The van der Waals surface area contributed by atoms with Gasteiger partial charge < -0.3 is 14.8 Å². The summed E-state index contributed by atoms with van der Waals surface area (Å²) in [6, 6.07) is 11.9. The van der Waals surface area contributed by atoms with E-state index in [0.29, 0.717) is 17.4 Å². The number of hydrogen-bond donors (Lipinski definition) is 2. The van der Waals surface area contributed by atoms with Gasteiger partial charge in [0.05, 0.1) is 12.0 Å². The van der Waals surface area contributed by atoms with Gasteiger partial charge in [-0.25, -0.2) is 8.42 Å². The van der Waals surface area contributed by atoms with Crippen LogP contribution in [0.5, 0.6) is 11.5 Å². The van der Waals surface area contributed by atoms with Gasteiger partial charge in [0.2, 0.25) is 0 Å². The Hall–Kier alpha value is -2.25. The minimum atomic E-state index is -3.68. The van der Waals surface area contributed by atoms with Gasteiger partial charge in [-0.05, 0) is 43.3 Å². The van der Waals surface area contributed by atoms with Crippen molar-refractivity contribution in [1.29, 1.82) is 0 Å². The van der Waals surface area contributed by atoms with E-state index in [1.54, 1.807) is 24.3 Å². The minimum absolute atomic E-state index is 0.133. The van der Waals surface area contributed by atoms with E-state index in [2.05, 4.69) is 10.0 Å². The highest BCUT2D eigenvalue weighted by Crippen LogP contribution is 2.42. The standard InChI is InChI=1S/C18H20N2O4S/c1-23-13-3-2-4-14(10-13)25(21,22)20-12-5-6-17-16(9-12)15-7-8-19-11-18(15)24-17/h2-6,9-10,15,18-20H,7-8,11H2,1H3. The molecule has 7 heteroatoms. The first-order valence-electron chi connectivity index (χ1n) is 8.25. The average molecular weight is 360 g/mol. The van der Waals surface area contributed by atoms with E-state index in [0.717, 1.165) is 30.8 Å². The largest absolute Gasteiger partial charge is 0.497 e. The quantitative estimate of drug-likeness (QED) is 0.875. The van der Waals surface area contributed by atoms with Gasteiger partial charge >= 0.3 is 0 Å². The summed E-state index contributed by atoms with van der Waals surface area (Å²) in [5, 5.41) is 3.33. The van der Waals surface area contributed by atoms with E-state index in [9.17, 15) is 8.42 Å². The van der Waals surface area contributed by atoms with Gasteiger partial charge in [-0.15, -0.1) is 0 Å². The van der Waals surface area contributed by atoms with E-state index in [1.807, 2.05) is 12.1 Å². The molecule has 2 heterocycles. The number of fused-ring (bicyclic) bond motifs is 3. The molecule has 2 unspecified atom stereocenters. The Morgan fingerprint density at radius 2 is 2.12 bits per heavy atom. The van der Waals surface area contributed by atoms with Crippen LogP contribution < -0.4 is 19.5 Å². The van der Waals surface area contributed by atoms with Crippen LogP contribution in [0.1, 0.15) is 17.9 Å². The normalized spacial score (nSPS) is 21.8. The number of piperidine rings is 1. The molecule has 132 valence electrons. The summed E-state index contributed by atoms with van der Waals surface area (Å²) in [5.74, 6) is 1.67. The lowest BCUT2D eigenvalue weighted by Gasteiger charge is -2.24. The van der Waals surface area contributed by atoms with Crippen molar-refractivity contribution in [3.05, 3.63) is 48.0 Å². The molecule has 0 bridgehead atoms. The van der Waals surface area contributed by atoms with Crippen LogP contribution in [0.3, 0.4) is 0 Å². The summed E-state index contributed by atoms with van der Waals surface area (Å²) < 4.78 is 39.0. The fraction of sp³-hybridized carbons (Fsp3) is 0.333. The molecule has 0 spiro atoms. The first-order chi connectivity index (χ1) is 12.1. The van der Waals surface area contributed by atoms with Crippen molar-refractivity contribution in [3.63, 3.8) is 0 Å². The summed E-state index contributed by atoms with van der Waals surface area (Å²) in [5.41, 5.74) is 1.63. The average Bonchev–Trinajstić information content (AvgIpc) is 2.99. The van der Waals surface area contributed by atoms with Crippen LogP contribution in [0.25, 0.3) is 0 Å². The third-order valence-electron chi connectivity index (χ3n) is 4.72. The molecule has 0 amide bonds. The summed E-state index contributed by atoms with van der Waals surface area (Å²) >= 11 is 0. The Morgan fingerprint density at radius 3 is 2.96 bits per heavy atom. The molecule has 0 aromatic heterocycles. The molecule has 2 atom stereocenters. The maximum absolute atomic E-state index is 12.6. The molecule has 6 nitrogen and oxygen atoms in total. The minimum Gasteiger partial charge on any atom is -0.497 e. The molecule has 2 aromatic carbocycles. The zero-order chi connectivity index (χ0) is 17.4. The van der Waals surface area contributed by atoms with Gasteiger partial charge in [-0.3, -0.25) is 4.72 Å². The number of sulfonamides is 1. The van der Waals surface area contributed by atoms with Crippen LogP contribution in [0, 0.1) is 0 Å². The molecule has 0 saturated carbocycles. The van der Waals surface area contributed by atoms with Gasteiger partial charge in [-0.2, -0.15) is 0 Å². The smallest absolute Gasteiger partial charge is 0.262 e. The molecule has 2 aliphatic heterocycles. The maximum Gasteiger partial charge on any atom is 0.262 e. The number of rotatable bonds is 4. The zero-order valence-corrected chi connectivity index (χ0v) is 14.7. The molecule has 0 radical (unpaired) electrons. The third-order valence-corrected chi connectivity index (χ3v) is 6.10. The number of methoxy groups -OCH3 is 1. The van der Waals surface area contributed by atoms with Crippen LogP contribution >= 0.6 is 0 Å². The van der Waals surface area contributed by atoms with Crippen LogP contribution in [0.4, 0.5) is 5.69 Å². The van der Waals surface area contributed by atoms with Crippen molar-refractivity contribution in [2.45, 2.75) is 23.3 Å². The number of nitrogens with one attached hydrogen (secondary N) is 2. The Bertz CT molecular complexity index is 898. The second kappa shape index (κ2) is 6.24. The Morgan fingerprint density at radius 1 is 1.24 bits per heavy atom. The van der Waals surface area contributed by atoms with Gasteiger partial charge in [-0.1, -0.05) is 6.07 Å². The lowest BCUT2D eigenvalue weighted by Crippen LogP contribution is -2.39. The summed E-state index contributed by atoms with van der Waals surface area (Å²) in [6.07, 6.45) is 1.12. The second-order valence-corrected chi connectivity index (χ2v) is 7.98. The molecule has 4 rings (SSSR count). The molecule has 1 saturated heterocycles. The van der Waals surface area contributed by atoms with Crippen LogP contribution in [-0.4, -0.2) is 34.7 Å². The summed E-state index contributed by atoms with van der Waals surface area (Å²) in [7, 11) is -2.17. The number of benzene rings is 2. The lowest BCUT2D eigenvalue weighted by atomic mass is 9.89. The SMILES string of the molecule is COc1cccc(S(=O)(=O)Nc2ccc3c(c2)C2CCNCC2O3)c1. The van der Waals surface area contributed by atoms with Gasteiger partial charge in [0.1, 0.15) is 17.6 Å². The number of hydrogen-bond acceptors (Lipinski definition) is 5.